The van der Waals surface area contributed by atoms with Crippen molar-refractivity contribution in [3.05, 3.63) is 48.0 Å². The van der Waals surface area contributed by atoms with E-state index in [4.69, 9.17) is 10.1 Å². The van der Waals surface area contributed by atoms with Gasteiger partial charge in [-0.1, -0.05) is 31.2 Å². The van der Waals surface area contributed by atoms with Crippen molar-refractivity contribution in [2.45, 2.75) is 25.2 Å². The molecule has 0 saturated heterocycles. The van der Waals surface area contributed by atoms with Crippen LogP contribution < -0.4 is 4.74 Å². The molecule has 0 aliphatic rings. The Kier molecular flexibility index (Phi) is 5.46. The maximum absolute atomic E-state index is 11.5. The molecule has 2 aromatic rings. The van der Waals surface area contributed by atoms with Gasteiger partial charge >= 0.3 is 0 Å². The lowest BCUT2D eigenvalue weighted by Crippen LogP contribution is -2.03. The Bertz CT molecular complexity index is 713. The maximum Gasteiger partial charge on any atom is 0.187 e. The first-order valence-electron chi connectivity index (χ1n) is 7.07. The van der Waals surface area contributed by atoms with Gasteiger partial charge in [0.1, 0.15) is 5.75 Å². The van der Waals surface area contributed by atoms with E-state index >= 15 is 0 Å². The lowest BCUT2D eigenvalue weighted by Gasteiger charge is -2.13. The standard InChI is InChI=1S/C17H19NO3S/c1-3-10-21-16-11-13(8-9-14(16)12(2)18)15-6-4-5-7-17(15)22(19)20/h4-9,11,18H,3,10H2,1-2H3,(H,19,20). The molecule has 5 heteroatoms. The third-order valence-electron chi connectivity index (χ3n) is 3.23. The van der Waals surface area contributed by atoms with Gasteiger partial charge < -0.3 is 14.7 Å². The molecule has 22 heavy (non-hydrogen) atoms. The third-order valence-corrected chi connectivity index (χ3v) is 3.97. The molecular formula is C17H19NO3S. The van der Waals surface area contributed by atoms with Crippen molar-refractivity contribution < 1.29 is 13.5 Å². The summed E-state index contributed by atoms with van der Waals surface area (Å²) >= 11 is -2.05. The maximum atomic E-state index is 11.5. The van der Waals surface area contributed by atoms with E-state index in [1.807, 2.05) is 31.2 Å². The molecule has 0 heterocycles. The lowest BCUT2D eigenvalue weighted by molar-refractivity contribution is 0.317. The average molecular weight is 317 g/mol. The van der Waals surface area contributed by atoms with Crippen LogP contribution in [0.4, 0.5) is 0 Å². The molecule has 0 aliphatic carbocycles. The second-order valence-electron chi connectivity index (χ2n) is 4.93. The fourth-order valence-corrected chi connectivity index (χ4v) is 2.76. The van der Waals surface area contributed by atoms with Crippen molar-refractivity contribution in [1.82, 2.24) is 0 Å². The van der Waals surface area contributed by atoms with Gasteiger partial charge in [0.05, 0.1) is 11.5 Å². The van der Waals surface area contributed by atoms with Gasteiger partial charge in [0.25, 0.3) is 0 Å². The van der Waals surface area contributed by atoms with E-state index < -0.39 is 11.1 Å². The van der Waals surface area contributed by atoms with Crippen LogP contribution in [0, 0.1) is 5.41 Å². The summed E-state index contributed by atoms with van der Waals surface area (Å²) in [5.41, 5.74) is 2.66. The minimum Gasteiger partial charge on any atom is -0.493 e. The first-order valence-corrected chi connectivity index (χ1v) is 8.18. The topological polar surface area (TPSA) is 70.4 Å². The van der Waals surface area contributed by atoms with E-state index in [-0.39, 0.29) is 0 Å². The van der Waals surface area contributed by atoms with Crippen LogP contribution in [-0.2, 0) is 11.1 Å². The quantitative estimate of drug-likeness (QED) is 0.622. The SMILES string of the molecule is CCCOc1cc(-c2ccccc2S(=O)O)ccc1C(C)=N. The number of benzene rings is 2. The largest absolute Gasteiger partial charge is 0.493 e. The van der Waals surface area contributed by atoms with Crippen molar-refractivity contribution in [2.75, 3.05) is 6.61 Å². The molecule has 4 nitrogen and oxygen atoms in total. The first kappa shape index (κ1) is 16.4. The summed E-state index contributed by atoms with van der Waals surface area (Å²) in [4.78, 5) is 0.364. The van der Waals surface area contributed by atoms with E-state index in [2.05, 4.69) is 0 Å². The highest BCUT2D eigenvalue weighted by Gasteiger charge is 2.13. The van der Waals surface area contributed by atoms with Crippen LogP contribution in [0.25, 0.3) is 11.1 Å². The van der Waals surface area contributed by atoms with Gasteiger partial charge in [-0.2, -0.15) is 0 Å². The van der Waals surface area contributed by atoms with E-state index in [9.17, 15) is 8.76 Å². The fourth-order valence-electron chi connectivity index (χ4n) is 2.19. The number of hydrogen-bond acceptors (Lipinski definition) is 3. The molecule has 0 bridgehead atoms. The van der Waals surface area contributed by atoms with Crippen LogP contribution in [0.3, 0.4) is 0 Å². The molecule has 1 unspecified atom stereocenters. The van der Waals surface area contributed by atoms with Crippen molar-refractivity contribution >= 4 is 16.8 Å². The van der Waals surface area contributed by atoms with E-state index in [0.29, 0.717) is 28.5 Å². The molecule has 2 rings (SSSR count). The van der Waals surface area contributed by atoms with Crippen LogP contribution in [0.5, 0.6) is 5.75 Å². The predicted octanol–water partition coefficient (Wildman–Crippen LogP) is 4.11. The number of ether oxygens (including phenoxy) is 1. The fraction of sp³-hybridized carbons (Fsp3) is 0.235. The minimum absolute atomic E-state index is 0.364. The van der Waals surface area contributed by atoms with Crippen LogP contribution >= 0.6 is 0 Å². The van der Waals surface area contributed by atoms with E-state index in [0.717, 1.165) is 17.5 Å². The van der Waals surface area contributed by atoms with E-state index in [1.54, 1.807) is 25.1 Å². The van der Waals surface area contributed by atoms with Crippen LogP contribution in [0.2, 0.25) is 0 Å². The van der Waals surface area contributed by atoms with Gasteiger partial charge in [-0.15, -0.1) is 0 Å². The summed E-state index contributed by atoms with van der Waals surface area (Å²) in [5.74, 6) is 0.630. The molecule has 0 radical (unpaired) electrons. The summed E-state index contributed by atoms with van der Waals surface area (Å²) in [6, 6.07) is 12.5. The second-order valence-corrected chi connectivity index (χ2v) is 5.87. The molecule has 0 aromatic heterocycles. The third kappa shape index (κ3) is 3.61. The first-order chi connectivity index (χ1) is 10.5. The van der Waals surface area contributed by atoms with Gasteiger partial charge in [0.2, 0.25) is 0 Å². The van der Waals surface area contributed by atoms with Crippen LogP contribution in [0.1, 0.15) is 25.8 Å². The Labute approximate surface area is 132 Å². The lowest BCUT2D eigenvalue weighted by atomic mass is 10.0. The van der Waals surface area contributed by atoms with Gasteiger partial charge in [-0.25, -0.2) is 4.21 Å². The summed E-state index contributed by atoms with van der Waals surface area (Å²) in [6.45, 7) is 4.30. The Balaban J connectivity index is 2.53. The molecule has 0 spiro atoms. The minimum atomic E-state index is -2.05. The Morgan fingerprint density at radius 1 is 1.27 bits per heavy atom. The van der Waals surface area contributed by atoms with Crippen molar-refractivity contribution in [2.24, 2.45) is 0 Å². The van der Waals surface area contributed by atoms with Gasteiger partial charge in [0, 0.05) is 16.8 Å². The molecule has 0 aliphatic heterocycles. The predicted molar refractivity (Wildman–Crippen MR) is 89.2 cm³/mol. The molecule has 0 fully saturated rings. The van der Waals surface area contributed by atoms with Crippen LogP contribution in [0.15, 0.2) is 47.4 Å². The van der Waals surface area contributed by atoms with Gasteiger partial charge in [-0.05, 0) is 37.1 Å². The van der Waals surface area contributed by atoms with Crippen molar-refractivity contribution in [3.8, 4) is 16.9 Å². The van der Waals surface area contributed by atoms with Gasteiger partial charge in [0.15, 0.2) is 11.1 Å². The zero-order valence-corrected chi connectivity index (χ0v) is 13.4. The Hall–Kier alpha value is -1.98. The Morgan fingerprint density at radius 2 is 2.00 bits per heavy atom. The highest BCUT2D eigenvalue weighted by atomic mass is 32.2. The molecular weight excluding hydrogens is 298 g/mol. The smallest absolute Gasteiger partial charge is 0.187 e. The number of hydrogen-bond donors (Lipinski definition) is 2. The number of rotatable bonds is 6. The van der Waals surface area contributed by atoms with Gasteiger partial charge in [-0.3, -0.25) is 0 Å². The molecule has 1 atom stereocenters. The zero-order chi connectivity index (χ0) is 16.1. The molecule has 2 aromatic carbocycles. The normalized spacial score (nSPS) is 12.0. The second kappa shape index (κ2) is 7.33. The Morgan fingerprint density at radius 3 is 2.64 bits per heavy atom. The highest BCUT2D eigenvalue weighted by molar-refractivity contribution is 7.79. The molecule has 0 saturated carbocycles. The summed E-state index contributed by atoms with van der Waals surface area (Å²) in [6.07, 6.45) is 0.873. The van der Waals surface area contributed by atoms with Crippen molar-refractivity contribution in [1.29, 1.82) is 5.41 Å². The highest BCUT2D eigenvalue weighted by Crippen LogP contribution is 2.31. The zero-order valence-electron chi connectivity index (χ0n) is 12.6. The summed E-state index contributed by atoms with van der Waals surface area (Å²) < 4.78 is 26.6. The monoisotopic (exact) mass is 317 g/mol. The van der Waals surface area contributed by atoms with Crippen LogP contribution in [-0.4, -0.2) is 21.1 Å². The van der Waals surface area contributed by atoms with E-state index in [1.165, 1.54) is 0 Å². The molecule has 0 amide bonds. The summed E-state index contributed by atoms with van der Waals surface area (Å²) in [5, 5.41) is 7.83. The summed E-state index contributed by atoms with van der Waals surface area (Å²) in [7, 11) is 0. The molecule has 2 N–H and O–H groups in total. The molecule has 116 valence electrons. The average Bonchev–Trinajstić information content (AvgIpc) is 2.52. The van der Waals surface area contributed by atoms with Crippen molar-refractivity contribution in [3.63, 3.8) is 0 Å². The number of nitrogens with one attached hydrogen (secondary N) is 1.